The molecule has 0 bridgehead atoms. The number of anilines is 2. The molecule has 4 rings (SSSR count). The van der Waals surface area contributed by atoms with Crippen LogP contribution in [0.5, 0.6) is 5.75 Å². The molecule has 0 aromatic heterocycles. The highest BCUT2D eigenvalue weighted by Gasteiger charge is 2.30. The molecule has 0 atom stereocenters. The van der Waals surface area contributed by atoms with E-state index in [1.165, 1.54) is 30.2 Å². The van der Waals surface area contributed by atoms with Crippen LogP contribution in [0.4, 0.5) is 11.4 Å². The number of carbonyl (C=O) groups excluding carboxylic acids is 1. The predicted molar refractivity (Wildman–Crippen MR) is 141 cm³/mol. The molecule has 0 saturated carbocycles. The second-order valence-electron chi connectivity index (χ2n) is 9.49. The minimum absolute atomic E-state index is 0.0402. The summed E-state index contributed by atoms with van der Waals surface area (Å²) in [5.41, 5.74) is 6.87. The Hall–Kier alpha value is -4.46. The zero-order chi connectivity index (χ0) is 26.0. The molecule has 0 radical (unpaired) electrons. The number of aryl methyl sites for hydroxylation is 1. The summed E-state index contributed by atoms with van der Waals surface area (Å²) in [4.78, 5) is 24.3. The quantitative estimate of drug-likeness (QED) is 0.173. The second-order valence-corrected chi connectivity index (χ2v) is 9.49. The van der Waals surface area contributed by atoms with Gasteiger partial charge in [-0.05, 0) is 72.2 Å². The average molecular weight is 485 g/mol. The first kappa shape index (κ1) is 24.7. The molecule has 184 valence electrons. The Labute approximate surface area is 209 Å². The van der Waals surface area contributed by atoms with Gasteiger partial charge in [0.15, 0.2) is 5.71 Å². The van der Waals surface area contributed by atoms with Gasteiger partial charge in [-0.1, -0.05) is 44.2 Å². The number of phenolic OH excluding ortho intramolecular Hbond substituents is 1. The standard InChI is InChI=1S/C28H28N4O4/c1-16(29)24(26(34)30-20-11-10-17-12-13-28(2,3)22(17)15-20)32-31-23-9-5-8-21(25(23)33)18-6-4-7-19(14-18)27(35)36/h4-11,14-15,29,31,33H,12-13H2,1-3H3,(H,30,34)(H,35,36)/b29-16?,32-24-. The first-order valence-corrected chi connectivity index (χ1v) is 11.6. The molecule has 1 aliphatic carbocycles. The lowest BCUT2D eigenvalue weighted by atomic mass is 9.86. The number of para-hydroxylation sites is 1. The van der Waals surface area contributed by atoms with Crippen molar-refractivity contribution in [1.29, 1.82) is 5.41 Å². The van der Waals surface area contributed by atoms with Gasteiger partial charge in [-0.2, -0.15) is 5.10 Å². The Bertz CT molecular complexity index is 1410. The van der Waals surface area contributed by atoms with Crippen molar-refractivity contribution >= 4 is 34.7 Å². The van der Waals surface area contributed by atoms with E-state index in [0.29, 0.717) is 16.8 Å². The predicted octanol–water partition coefficient (Wildman–Crippen LogP) is 5.43. The minimum Gasteiger partial charge on any atom is -0.505 e. The van der Waals surface area contributed by atoms with E-state index in [2.05, 4.69) is 29.7 Å². The van der Waals surface area contributed by atoms with Crippen molar-refractivity contribution in [2.75, 3.05) is 10.7 Å². The van der Waals surface area contributed by atoms with Crippen LogP contribution in [-0.2, 0) is 16.6 Å². The van der Waals surface area contributed by atoms with Crippen molar-refractivity contribution in [3.8, 4) is 16.9 Å². The van der Waals surface area contributed by atoms with Gasteiger partial charge in [0.25, 0.3) is 5.91 Å². The molecule has 5 N–H and O–H groups in total. The Morgan fingerprint density at radius 3 is 2.53 bits per heavy atom. The van der Waals surface area contributed by atoms with E-state index in [1.807, 2.05) is 18.2 Å². The Kier molecular flexibility index (Phi) is 6.61. The molecule has 3 aromatic rings. The number of phenols is 1. The third-order valence-corrected chi connectivity index (χ3v) is 6.43. The summed E-state index contributed by atoms with van der Waals surface area (Å²) in [5, 5.41) is 35.0. The van der Waals surface area contributed by atoms with E-state index in [9.17, 15) is 19.8 Å². The first-order chi connectivity index (χ1) is 17.1. The summed E-state index contributed by atoms with van der Waals surface area (Å²) in [6.45, 7) is 5.82. The largest absolute Gasteiger partial charge is 0.505 e. The van der Waals surface area contributed by atoms with Gasteiger partial charge in [0.05, 0.1) is 17.0 Å². The maximum absolute atomic E-state index is 13.0. The number of carboxylic acids is 1. The monoisotopic (exact) mass is 484 g/mol. The number of hydrazone groups is 1. The zero-order valence-electron chi connectivity index (χ0n) is 20.3. The molecule has 1 aliphatic rings. The summed E-state index contributed by atoms with van der Waals surface area (Å²) in [5.74, 6) is -1.78. The van der Waals surface area contributed by atoms with E-state index >= 15 is 0 Å². The molecule has 36 heavy (non-hydrogen) atoms. The fourth-order valence-electron chi connectivity index (χ4n) is 4.38. The molecule has 0 heterocycles. The number of amides is 1. The first-order valence-electron chi connectivity index (χ1n) is 11.6. The van der Waals surface area contributed by atoms with Gasteiger partial charge in [0, 0.05) is 11.3 Å². The van der Waals surface area contributed by atoms with Crippen LogP contribution in [0.25, 0.3) is 11.1 Å². The topological polar surface area (TPSA) is 135 Å². The van der Waals surface area contributed by atoms with Crippen molar-refractivity contribution in [3.63, 3.8) is 0 Å². The maximum Gasteiger partial charge on any atom is 0.335 e. The summed E-state index contributed by atoms with van der Waals surface area (Å²) in [6, 6.07) is 17.0. The van der Waals surface area contributed by atoms with Crippen LogP contribution in [0.1, 0.15) is 48.7 Å². The van der Waals surface area contributed by atoms with E-state index < -0.39 is 11.9 Å². The number of aromatic carboxylic acids is 1. The van der Waals surface area contributed by atoms with Crippen LogP contribution in [0, 0.1) is 5.41 Å². The van der Waals surface area contributed by atoms with Gasteiger partial charge in [-0.15, -0.1) is 0 Å². The second kappa shape index (κ2) is 9.65. The maximum atomic E-state index is 13.0. The summed E-state index contributed by atoms with van der Waals surface area (Å²) in [7, 11) is 0. The zero-order valence-corrected chi connectivity index (χ0v) is 20.3. The van der Waals surface area contributed by atoms with Gasteiger partial charge in [-0.3, -0.25) is 10.2 Å². The number of nitrogens with zero attached hydrogens (tertiary/aromatic N) is 1. The van der Waals surface area contributed by atoms with E-state index in [-0.39, 0.29) is 33.8 Å². The fraction of sp³-hybridized carbons (Fsp3) is 0.214. The van der Waals surface area contributed by atoms with E-state index in [1.54, 1.807) is 30.3 Å². The molecule has 1 amide bonds. The molecule has 0 fully saturated rings. The van der Waals surface area contributed by atoms with Crippen LogP contribution in [-0.4, -0.2) is 33.5 Å². The minimum atomic E-state index is -1.07. The smallest absolute Gasteiger partial charge is 0.335 e. The lowest BCUT2D eigenvalue weighted by Gasteiger charge is -2.19. The highest BCUT2D eigenvalue weighted by Crippen LogP contribution is 2.39. The molecule has 0 spiro atoms. The third kappa shape index (κ3) is 4.98. The lowest BCUT2D eigenvalue weighted by Crippen LogP contribution is -2.29. The Balaban J connectivity index is 1.57. The molecule has 8 nitrogen and oxygen atoms in total. The summed E-state index contributed by atoms with van der Waals surface area (Å²) >= 11 is 0. The van der Waals surface area contributed by atoms with Gasteiger partial charge >= 0.3 is 5.97 Å². The van der Waals surface area contributed by atoms with Crippen molar-refractivity contribution in [2.24, 2.45) is 5.10 Å². The SMILES string of the molecule is CC(=N)/C(=N/Nc1cccc(-c2cccc(C(=O)O)c2)c1O)C(=O)Nc1ccc2c(c1)C(C)(C)CC2. The molecule has 8 heteroatoms. The van der Waals surface area contributed by atoms with Crippen LogP contribution in [0.2, 0.25) is 0 Å². The Morgan fingerprint density at radius 1 is 1.06 bits per heavy atom. The highest BCUT2D eigenvalue weighted by molar-refractivity contribution is 6.67. The van der Waals surface area contributed by atoms with Crippen molar-refractivity contribution in [1.82, 2.24) is 0 Å². The normalized spacial score (nSPS) is 14.1. The van der Waals surface area contributed by atoms with Crippen molar-refractivity contribution in [2.45, 2.75) is 39.0 Å². The summed E-state index contributed by atoms with van der Waals surface area (Å²) < 4.78 is 0. The lowest BCUT2D eigenvalue weighted by molar-refractivity contribution is -0.110. The number of hydrogen-bond acceptors (Lipinski definition) is 6. The molecule has 0 saturated heterocycles. The number of rotatable bonds is 7. The number of benzene rings is 3. The van der Waals surface area contributed by atoms with Gasteiger partial charge in [0.2, 0.25) is 0 Å². The fourth-order valence-corrected chi connectivity index (χ4v) is 4.38. The third-order valence-electron chi connectivity index (χ3n) is 6.43. The number of fused-ring (bicyclic) bond motifs is 1. The molecular weight excluding hydrogens is 456 g/mol. The van der Waals surface area contributed by atoms with Gasteiger partial charge in [0.1, 0.15) is 5.75 Å². The van der Waals surface area contributed by atoms with Crippen LogP contribution in [0.3, 0.4) is 0 Å². The average Bonchev–Trinajstić information content (AvgIpc) is 3.14. The van der Waals surface area contributed by atoms with Crippen LogP contribution in [0.15, 0.2) is 65.8 Å². The van der Waals surface area contributed by atoms with Crippen LogP contribution >= 0.6 is 0 Å². The van der Waals surface area contributed by atoms with Crippen molar-refractivity contribution < 1.29 is 19.8 Å². The van der Waals surface area contributed by atoms with Gasteiger partial charge < -0.3 is 20.9 Å². The van der Waals surface area contributed by atoms with Gasteiger partial charge in [-0.25, -0.2) is 4.79 Å². The Morgan fingerprint density at radius 2 is 1.81 bits per heavy atom. The number of carboxylic acid groups (broad SMARTS) is 1. The molecular formula is C28H28N4O4. The highest BCUT2D eigenvalue weighted by atomic mass is 16.4. The van der Waals surface area contributed by atoms with Crippen LogP contribution < -0.4 is 10.7 Å². The molecule has 3 aromatic carbocycles. The number of aromatic hydroxyl groups is 1. The number of hydrogen-bond donors (Lipinski definition) is 5. The number of nitrogens with one attached hydrogen (secondary N) is 3. The van der Waals surface area contributed by atoms with E-state index in [4.69, 9.17) is 5.41 Å². The number of carbonyl (C=O) groups is 2. The molecule has 0 aliphatic heterocycles. The molecule has 0 unspecified atom stereocenters. The van der Waals surface area contributed by atoms with Crippen molar-refractivity contribution in [3.05, 3.63) is 77.4 Å². The summed E-state index contributed by atoms with van der Waals surface area (Å²) in [6.07, 6.45) is 2.06. The van der Waals surface area contributed by atoms with E-state index in [0.717, 1.165) is 12.8 Å².